The molecule has 3 rings (SSSR count). The van der Waals surface area contributed by atoms with E-state index in [4.69, 9.17) is 16.3 Å². The molecular weight excluding hydrogens is 364 g/mol. The van der Waals surface area contributed by atoms with E-state index in [1.165, 1.54) is 31.6 Å². The molecule has 3 aromatic rings. The van der Waals surface area contributed by atoms with E-state index >= 15 is 0 Å². The van der Waals surface area contributed by atoms with Crippen LogP contribution >= 0.6 is 11.6 Å². The van der Waals surface area contributed by atoms with Crippen LogP contribution in [0.2, 0.25) is 5.02 Å². The molecule has 0 aliphatic carbocycles. The third-order valence-corrected chi connectivity index (χ3v) is 5.13. The summed E-state index contributed by atoms with van der Waals surface area (Å²) in [6.07, 6.45) is 3.08. The maximum Gasteiger partial charge on any atom is 0.261 e. The molecule has 0 radical (unpaired) electrons. The van der Waals surface area contributed by atoms with Crippen LogP contribution in [0.1, 0.15) is 5.56 Å². The summed E-state index contributed by atoms with van der Waals surface area (Å²) in [5.41, 5.74) is 1.43. The van der Waals surface area contributed by atoms with Gasteiger partial charge in [0.05, 0.1) is 23.6 Å². The Labute approximate surface area is 150 Å². The van der Waals surface area contributed by atoms with Crippen LogP contribution in [0, 0.1) is 0 Å². The number of methoxy groups -OCH3 is 1. The van der Waals surface area contributed by atoms with Gasteiger partial charge in [-0.25, -0.2) is 18.1 Å². The monoisotopic (exact) mass is 378 g/mol. The lowest BCUT2D eigenvalue weighted by Gasteiger charge is -2.10. The average Bonchev–Trinajstić information content (AvgIpc) is 3.09. The molecule has 0 amide bonds. The van der Waals surface area contributed by atoms with Gasteiger partial charge in [-0.15, -0.1) is 0 Å². The van der Waals surface area contributed by atoms with Crippen molar-refractivity contribution in [2.75, 3.05) is 11.8 Å². The highest BCUT2D eigenvalue weighted by Gasteiger charge is 2.16. The third-order valence-electron chi connectivity index (χ3n) is 3.45. The van der Waals surface area contributed by atoms with Gasteiger partial charge in [-0.1, -0.05) is 23.7 Å². The number of nitrogens with zero attached hydrogens (tertiary/aromatic N) is 3. The second kappa shape index (κ2) is 7.12. The van der Waals surface area contributed by atoms with Crippen molar-refractivity contribution < 1.29 is 13.2 Å². The number of aromatic nitrogens is 3. The maximum absolute atomic E-state index is 12.5. The maximum atomic E-state index is 12.5. The van der Waals surface area contributed by atoms with Crippen LogP contribution in [0.15, 0.2) is 60.0 Å². The molecule has 1 aromatic heterocycles. The molecule has 0 unspecified atom stereocenters. The summed E-state index contributed by atoms with van der Waals surface area (Å²) in [4.78, 5) is 3.94. The lowest BCUT2D eigenvalue weighted by atomic mass is 10.2. The Balaban J connectivity index is 1.75. The van der Waals surface area contributed by atoms with Gasteiger partial charge in [-0.3, -0.25) is 4.72 Å². The van der Waals surface area contributed by atoms with E-state index in [9.17, 15) is 8.42 Å². The second-order valence-corrected chi connectivity index (χ2v) is 7.28. The van der Waals surface area contributed by atoms with Crippen LogP contribution in [-0.2, 0) is 16.6 Å². The molecule has 25 heavy (non-hydrogen) atoms. The van der Waals surface area contributed by atoms with Gasteiger partial charge >= 0.3 is 0 Å². The van der Waals surface area contributed by atoms with Crippen LogP contribution in [0.5, 0.6) is 5.75 Å². The van der Waals surface area contributed by atoms with Crippen molar-refractivity contribution in [3.63, 3.8) is 0 Å². The number of anilines is 1. The van der Waals surface area contributed by atoms with Crippen molar-refractivity contribution in [2.45, 2.75) is 11.4 Å². The minimum Gasteiger partial charge on any atom is -0.495 e. The lowest BCUT2D eigenvalue weighted by molar-refractivity contribution is 0.414. The number of rotatable bonds is 6. The summed E-state index contributed by atoms with van der Waals surface area (Å²) < 4.78 is 34.2. The summed E-state index contributed by atoms with van der Waals surface area (Å²) in [5.74, 6) is 0.415. The number of sulfonamides is 1. The minimum atomic E-state index is -3.74. The van der Waals surface area contributed by atoms with Crippen molar-refractivity contribution in [2.24, 2.45) is 0 Å². The first-order chi connectivity index (χ1) is 12.0. The minimum absolute atomic E-state index is 0.0602. The number of halogens is 1. The molecule has 0 spiro atoms. The van der Waals surface area contributed by atoms with E-state index < -0.39 is 10.0 Å². The van der Waals surface area contributed by atoms with Gasteiger partial charge in [0.1, 0.15) is 18.4 Å². The van der Waals surface area contributed by atoms with Crippen LogP contribution in [0.4, 0.5) is 5.69 Å². The van der Waals surface area contributed by atoms with Gasteiger partial charge in [-0.2, -0.15) is 5.10 Å². The molecule has 0 fully saturated rings. The molecule has 0 saturated carbocycles. The van der Waals surface area contributed by atoms with E-state index in [0.29, 0.717) is 18.0 Å². The predicted molar refractivity (Wildman–Crippen MR) is 94.4 cm³/mol. The van der Waals surface area contributed by atoms with E-state index in [1.807, 2.05) is 12.1 Å². The SMILES string of the molecule is COc1ccc(S(=O)(=O)Nc2ccc(Cn3cncn3)cc2)cc1Cl. The van der Waals surface area contributed by atoms with Crippen LogP contribution in [0.3, 0.4) is 0 Å². The topological polar surface area (TPSA) is 86.1 Å². The lowest BCUT2D eigenvalue weighted by Crippen LogP contribution is -2.13. The van der Waals surface area contributed by atoms with E-state index in [2.05, 4.69) is 14.8 Å². The zero-order valence-corrected chi connectivity index (χ0v) is 14.8. The Morgan fingerprint density at radius 3 is 2.56 bits per heavy atom. The van der Waals surface area contributed by atoms with Crippen LogP contribution in [-0.4, -0.2) is 30.3 Å². The summed E-state index contributed by atoms with van der Waals surface area (Å²) >= 11 is 6.00. The van der Waals surface area contributed by atoms with Gasteiger partial charge in [-0.05, 0) is 35.9 Å². The first-order valence-corrected chi connectivity index (χ1v) is 9.12. The fraction of sp³-hybridized carbons (Fsp3) is 0.125. The summed E-state index contributed by atoms with van der Waals surface area (Å²) in [5, 5.41) is 4.26. The number of benzene rings is 2. The average molecular weight is 379 g/mol. The molecule has 7 nitrogen and oxygen atoms in total. The van der Waals surface area contributed by atoms with Crippen LogP contribution in [0.25, 0.3) is 0 Å². The number of nitrogens with one attached hydrogen (secondary N) is 1. The van der Waals surface area contributed by atoms with Crippen LogP contribution < -0.4 is 9.46 Å². The Morgan fingerprint density at radius 1 is 1.20 bits per heavy atom. The first-order valence-electron chi connectivity index (χ1n) is 7.25. The zero-order valence-electron chi connectivity index (χ0n) is 13.3. The fourth-order valence-electron chi connectivity index (χ4n) is 2.21. The first kappa shape index (κ1) is 17.2. The summed E-state index contributed by atoms with van der Waals surface area (Å²) in [6, 6.07) is 11.3. The molecule has 130 valence electrons. The number of hydrogen-bond acceptors (Lipinski definition) is 5. The molecule has 0 bridgehead atoms. The van der Waals surface area contributed by atoms with E-state index in [0.717, 1.165) is 5.56 Å². The number of hydrogen-bond donors (Lipinski definition) is 1. The molecule has 0 aliphatic heterocycles. The molecule has 2 aromatic carbocycles. The van der Waals surface area contributed by atoms with Crippen molar-refractivity contribution in [3.05, 3.63) is 65.7 Å². The fourth-order valence-corrected chi connectivity index (χ4v) is 3.61. The smallest absolute Gasteiger partial charge is 0.261 e. The Bertz CT molecular complexity index is 958. The standard InChI is InChI=1S/C16H15ClN4O3S/c1-24-16-7-6-14(8-15(16)17)25(22,23)20-13-4-2-12(3-5-13)9-21-11-18-10-19-21/h2-8,10-11,20H,9H2,1H3. The number of ether oxygens (including phenoxy) is 1. The highest BCUT2D eigenvalue weighted by Crippen LogP contribution is 2.27. The quantitative estimate of drug-likeness (QED) is 0.712. The van der Waals surface area contributed by atoms with Crippen molar-refractivity contribution in [3.8, 4) is 5.75 Å². The van der Waals surface area contributed by atoms with Gasteiger partial charge in [0.15, 0.2) is 0 Å². The summed E-state index contributed by atoms with van der Waals surface area (Å²) in [6.45, 7) is 0.557. The Kier molecular flexibility index (Phi) is 4.91. The highest BCUT2D eigenvalue weighted by molar-refractivity contribution is 7.92. The zero-order chi connectivity index (χ0) is 17.9. The van der Waals surface area contributed by atoms with Gasteiger partial charge in [0.2, 0.25) is 0 Å². The van der Waals surface area contributed by atoms with E-state index in [1.54, 1.807) is 23.1 Å². The molecular formula is C16H15ClN4O3S. The molecule has 1 N–H and O–H groups in total. The molecule has 0 aliphatic rings. The third kappa shape index (κ3) is 4.09. The van der Waals surface area contributed by atoms with Gasteiger partial charge in [0, 0.05) is 5.69 Å². The van der Waals surface area contributed by atoms with Gasteiger partial charge < -0.3 is 4.74 Å². The largest absolute Gasteiger partial charge is 0.495 e. The predicted octanol–water partition coefficient (Wildman–Crippen LogP) is 2.79. The van der Waals surface area contributed by atoms with E-state index in [-0.39, 0.29) is 9.92 Å². The molecule has 9 heteroatoms. The second-order valence-electron chi connectivity index (χ2n) is 5.19. The van der Waals surface area contributed by atoms with Crippen molar-refractivity contribution in [1.82, 2.24) is 14.8 Å². The van der Waals surface area contributed by atoms with Crippen molar-refractivity contribution >= 4 is 27.3 Å². The Hall–Kier alpha value is -2.58. The highest BCUT2D eigenvalue weighted by atomic mass is 35.5. The molecule has 0 saturated heterocycles. The molecule has 0 atom stereocenters. The Morgan fingerprint density at radius 2 is 1.96 bits per heavy atom. The normalized spacial score (nSPS) is 11.3. The molecule has 1 heterocycles. The van der Waals surface area contributed by atoms with Gasteiger partial charge in [0.25, 0.3) is 10.0 Å². The van der Waals surface area contributed by atoms with Crippen molar-refractivity contribution in [1.29, 1.82) is 0 Å². The summed E-state index contributed by atoms with van der Waals surface area (Å²) in [7, 11) is -2.27.